The van der Waals surface area contributed by atoms with Crippen molar-refractivity contribution in [3.05, 3.63) is 0 Å². The van der Waals surface area contributed by atoms with Crippen molar-refractivity contribution in [3.63, 3.8) is 0 Å². The topological polar surface area (TPSA) is 66.6 Å². The highest BCUT2D eigenvalue weighted by molar-refractivity contribution is 5.65. The normalized spacial score (nSPS) is 15.8. The summed E-state index contributed by atoms with van der Waals surface area (Å²) in [5.41, 5.74) is 5.35. The van der Waals surface area contributed by atoms with E-state index in [2.05, 4.69) is 0 Å². The van der Waals surface area contributed by atoms with E-state index < -0.39 is 6.09 Å². The number of hydrogen-bond donors (Lipinski definition) is 2. The number of hydrogen-bond acceptors (Lipinski definition) is 2. The molecule has 12 heavy (non-hydrogen) atoms. The van der Waals surface area contributed by atoms with Gasteiger partial charge in [0, 0.05) is 18.6 Å². The molecule has 0 saturated carbocycles. The molecule has 1 rings (SSSR count). The van der Waals surface area contributed by atoms with Gasteiger partial charge in [-0.1, -0.05) is 0 Å². The van der Waals surface area contributed by atoms with E-state index in [1.807, 2.05) is 20.8 Å². The summed E-state index contributed by atoms with van der Waals surface area (Å²) in [5.74, 6) is 0. The van der Waals surface area contributed by atoms with Gasteiger partial charge in [0.25, 0.3) is 0 Å². The molecule has 0 unspecified atom stereocenters. The van der Waals surface area contributed by atoms with Crippen molar-refractivity contribution in [2.24, 2.45) is 5.73 Å². The van der Waals surface area contributed by atoms with Crippen LogP contribution in [0.2, 0.25) is 0 Å². The lowest BCUT2D eigenvalue weighted by Crippen LogP contribution is -2.40. The van der Waals surface area contributed by atoms with Crippen LogP contribution < -0.4 is 5.73 Å². The van der Waals surface area contributed by atoms with Crippen molar-refractivity contribution >= 4 is 6.09 Å². The molecule has 1 saturated heterocycles. The van der Waals surface area contributed by atoms with Crippen LogP contribution in [0.1, 0.15) is 27.2 Å². The van der Waals surface area contributed by atoms with Crippen LogP contribution in [0.4, 0.5) is 4.79 Å². The van der Waals surface area contributed by atoms with Gasteiger partial charge in [-0.15, -0.1) is 0 Å². The average molecular weight is 174 g/mol. The molecule has 3 N–H and O–H groups in total. The van der Waals surface area contributed by atoms with Crippen LogP contribution in [0.3, 0.4) is 0 Å². The molecule has 1 heterocycles. The van der Waals surface area contributed by atoms with Gasteiger partial charge in [-0.05, 0) is 27.2 Å². The number of amides is 1. The van der Waals surface area contributed by atoms with E-state index >= 15 is 0 Å². The van der Waals surface area contributed by atoms with E-state index in [1.165, 1.54) is 4.90 Å². The highest BCUT2D eigenvalue weighted by Gasteiger charge is 2.17. The highest BCUT2D eigenvalue weighted by atomic mass is 16.4. The summed E-state index contributed by atoms with van der Waals surface area (Å²) in [6.45, 7) is 7.36. The van der Waals surface area contributed by atoms with E-state index in [0.717, 1.165) is 19.5 Å². The maximum atomic E-state index is 9.91. The average Bonchev–Trinajstić information content (AvgIpc) is 1.49. The van der Waals surface area contributed by atoms with Crippen molar-refractivity contribution in [1.29, 1.82) is 0 Å². The Balaban J connectivity index is 0.000000217. The minimum atomic E-state index is -0.786. The molecule has 0 atom stereocenters. The molecule has 0 spiro atoms. The van der Waals surface area contributed by atoms with Crippen LogP contribution in [-0.2, 0) is 0 Å². The molecule has 4 heteroatoms. The Morgan fingerprint density at radius 3 is 1.75 bits per heavy atom. The van der Waals surface area contributed by atoms with E-state index in [4.69, 9.17) is 10.8 Å². The zero-order valence-electron chi connectivity index (χ0n) is 8.00. The predicted octanol–water partition coefficient (Wildman–Crippen LogP) is 1.11. The van der Waals surface area contributed by atoms with Gasteiger partial charge in [0.1, 0.15) is 0 Å². The first kappa shape index (κ1) is 11.2. The lowest BCUT2D eigenvalue weighted by molar-refractivity contribution is 0.118. The van der Waals surface area contributed by atoms with Crippen LogP contribution in [0, 0.1) is 0 Å². The zero-order chi connectivity index (χ0) is 9.78. The van der Waals surface area contributed by atoms with Gasteiger partial charge in [-0.2, -0.15) is 0 Å². The first-order chi connectivity index (χ1) is 5.30. The van der Waals surface area contributed by atoms with Gasteiger partial charge >= 0.3 is 6.09 Å². The highest BCUT2D eigenvalue weighted by Crippen LogP contribution is 2.03. The van der Waals surface area contributed by atoms with Crippen molar-refractivity contribution in [3.8, 4) is 0 Å². The zero-order valence-corrected chi connectivity index (χ0v) is 8.00. The number of likely N-dealkylation sites (tertiary alicyclic amines) is 1. The molecule has 0 aromatic carbocycles. The molecule has 1 amide bonds. The van der Waals surface area contributed by atoms with Gasteiger partial charge < -0.3 is 15.7 Å². The van der Waals surface area contributed by atoms with Gasteiger partial charge in [-0.25, -0.2) is 4.79 Å². The number of nitrogens with zero attached hydrogens (tertiary/aromatic N) is 1. The Kier molecular flexibility index (Phi) is 4.03. The molecule has 0 bridgehead atoms. The molecule has 1 fully saturated rings. The van der Waals surface area contributed by atoms with Crippen molar-refractivity contribution in [1.82, 2.24) is 4.90 Å². The van der Waals surface area contributed by atoms with Gasteiger partial charge in [0.15, 0.2) is 0 Å². The smallest absolute Gasteiger partial charge is 0.407 e. The third-order valence-corrected chi connectivity index (χ3v) is 1.13. The Hall–Kier alpha value is -0.770. The Labute approximate surface area is 73.3 Å². The molecule has 0 radical (unpaired) electrons. The fraction of sp³-hybridized carbons (Fsp3) is 0.875. The predicted molar refractivity (Wildman–Crippen MR) is 48.2 cm³/mol. The Bertz CT molecular complexity index is 142. The first-order valence-electron chi connectivity index (χ1n) is 4.07. The van der Waals surface area contributed by atoms with Crippen molar-refractivity contribution < 1.29 is 9.90 Å². The minimum Gasteiger partial charge on any atom is -0.465 e. The number of carboxylic acid groups (broad SMARTS) is 1. The summed E-state index contributed by atoms with van der Waals surface area (Å²) in [4.78, 5) is 11.3. The monoisotopic (exact) mass is 174 g/mol. The summed E-state index contributed by atoms with van der Waals surface area (Å²) in [6.07, 6.45) is 0.248. The third-order valence-electron chi connectivity index (χ3n) is 1.13. The molecule has 72 valence electrons. The number of rotatable bonds is 0. The van der Waals surface area contributed by atoms with E-state index in [-0.39, 0.29) is 5.54 Å². The van der Waals surface area contributed by atoms with Crippen LogP contribution >= 0.6 is 0 Å². The van der Waals surface area contributed by atoms with Gasteiger partial charge in [-0.3, -0.25) is 0 Å². The second kappa shape index (κ2) is 4.30. The Morgan fingerprint density at radius 2 is 1.75 bits per heavy atom. The molecule has 1 aliphatic heterocycles. The summed E-state index contributed by atoms with van der Waals surface area (Å²) in [5, 5.41) is 8.16. The van der Waals surface area contributed by atoms with Crippen LogP contribution in [0.5, 0.6) is 0 Å². The number of carbonyl (C=O) groups is 1. The second-order valence-electron chi connectivity index (χ2n) is 3.99. The maximum absolute atomic E-state index is 9.91. The fourth-order valence-corrected chi connectivity index (χ4v) is 0.508. The standard InChI is InChI=1S/C4H7NO2.C4H11N/c6-4(7)5-2-1-3-5;1-4(2,3)5/h1-3H2,(H,6,7);5H2,1-3H3. The van der Waals surface area contributed by atoms with Crippen molar-refractivity contribution in [2.75, 3.05) is 13.1 Å². The minimum absolute atomic E-state index is 0. The Morgan fingerprint density at radius 1 is 1.42 bits per heavy atom. The summed E-state index contributed by atoms with van der Waals surface area (Å²) in [6, 6.07) is 0. The van der Waals surface area contributed by atoms with Crippen molar-refractivity contribution in [2.45, 2.75) is 32.7 Å². The number of nitrogens with two attached hydrogens (primary N) is 1. The van der Waals surface area contributed by atoms with E-state index in [1.54, 1.807) is 0 Å². The molecule has 0 aliphatic carbocycles. The van der Waals surface area contributed by atoms with E-state index in [9.17, 15) is 4.79 Å². The lowest BCUT2D eigenvalue weighted by atomic mass is 10.1. The molecular weight excluding hydrogens is 156 g/mol. The largest absolute Gasteiger partial charge is 0.465 e. The molecule has 4 nitrogen and oxygen atoms in total. The molecule has 0 aromatic rings. The SMILES string of the molecule is CC(C)(C)N.O=C(O)N1CCC1. The van der Waals surface area contributed by atoms with Crippen LogP contribution in [0.25, 0.3) is 0 Å². The maximum Gasteiger partial charge on any atom is 0.407 e. The van der Waals surface area contributed by atoms with Gasteiger partial charge in [0.2, 0.25) is 0 Å². The fourth-order valence-electron chi connectivity index (χ4n) is 0.508. The first-order valence-corrected chi connectivity index (χ1v) is 4.07. The van der Waals surface area contributed by atoms with Crippen LogP contribution in [0.15, 0.2) is 0 Å². The summed E-state index contributed by atoms with van der Waals surface area (Å²) < 4.78 is 0. The molecule has 1 aliphatic rings. The molecular formula is C8H18N2O2. The second-order valence-corrected chi connectivity index (χ2v) is 3.99. The van der Waals surface area contributed by atoms with Crippen LogP contribution in [-0.4, -0.2) is 34.7 Å². The summed E-state index contributed by atoms with van der Waals surface area (Å²) >= 11 is 0. The van der Waals surface area contributed by atoms with Gasteiger partial charge in [0.05, 0.1) is 0 Å². The molecule has 0 aromatic heterocycles. The lowest BCUT2D eigenvalue weighted by Gasteiger charge is -2.27. The quantitative estimate of drug-likeness (QED) is 0.578. The third kappa shape index (κ3) is 7.34. The van der Waals surface area contributed by atoms with E-state index in [0.29, 0.717) is 0 Å². The summed E-state index contributed by atoms with van der Waals surface area (Å²) in [7, 11) is 0.